The number of aromatic nitrogens is 3. The number of hydrogen-bond acceptors (Lipinski definition) is 4. The Balaban J connectivity index is 1.77. The molecule has 0 fully saturated rings. The number of benzene rings is 2. The van der Waals surface area contributed by atoms with Crippen LogP contribution in [0.15, 0.2) is 48.7 Å². The summed E-state index contributed by atoms with van der Waals surface area (Å²) in [6, 6.07) is 13.1. The van der Waals surface area contributed by atoms with E-state index < -0.39 is 0 Å². The third-order valence-electron chi connectivity index (χ3n) is 3.80. The van der Waals surface area contributed by atoms with Crippen LogP contribution in [0.2, 0.25) is 0 Å². The minimum Gasteiger partial charge on any atom is -0.504 e. The van der Waals surface area contributed by atoms with Gasteiger partial charge in [0.25, 0.3) is 0 Å². The van der Waals surface area contributed by atoms with Gasteiger partial charge in [-0.1, -0.05) is 43.3 Å². The molecule has 0 aliphatic rings. The zero-order chi connectivity index (χ0) is 16.4. The summed E-state index contributed by atoms with van der Waals surface area (Å²) in [4.78, 5) is 0. The fourth-order valence-electron chi connectivity index (χ4n) is 2.39. The third-order valence-corrected chi connectivity index (χ3v) is 3.80. The zero-order valence-corrected chi connectivity index (χ0v) is 13.1. The van der Waals surface area contributed by atoms with E-state index in [9.17, 15) is 10.2 Å². The summed E-state index contributed by atoms with van der Waals surface area (Å²) >= 11 is 0. The van der Waals surface area contributed by atoms with Crippen molar-refractivity contribution in [2.75, 3.05) is 0 Å². The van der Waals surface area contributed by atoms with Gasteiger partial charge < -0.3 is 10.2 Å². The van der Waals surface area contributed by atoms with Crippen LogP contribution < -0.4 is 0 Å². The quantitative estimate of drug-likeness (QED) is 0.723. The van der Waals surface area contributed by atoms with Crippen molar-refractivity contribution >= 4 is 0 Å². The summed E-state index contributed by atoms with van der Waals surface area (Å²) in [5, 5.41) is 27.2. The molecule has 23 heavy (non-hydrogen) atoms. The summed E-state index contributed by atoms with van der Waals surface area (Å²) in [6.45, 7) is 4.98. The van der Waals surface area contributed by atoms with E-state index in [0.29, 0.717) is 23.7 Å². The lowest BCUT2D eigenvalue weighted by Crippen LogP contribution is -2.00. The SMILES string of the molecule is CC(C)c1ccc(Cn2cc(-c3ccc(O)c(O)c3)nn2)cc1. The van der Waals surface area contributed by atoms with Gasteiger partial charge in [0.1, 0.15) is 5.69 Å². The molecule has 2 aromatic carbocycles. The Labute approximate surface area is 134 Å². The molecule has 0 saturated heterocycles. The average molecular weight is 309 g/mol. The molecule has 0 atom stereocenters. The predicted molar refractivity (Wildman–Crippen MR) is 88.4 cm³/mol. The van der Waals surface area contributed by atoms with Crippen LogP contribution in [-0.4, -0.2) is 25.2 Å². The number of hydrogen-bond donors (Lipinski definition) is 2. The van der Waals surface area contributed by atoms with Gasteiger partial charge in [0, 0.05) is 5.56 Å². The minimum atomic E-state index is -0.165. The third kappa shape index (κ3) is 3.34. The van der Waals surface area contributed by atoms with Gasteiger partial charge in [0.05, 0.1) is 12.7 Å². The van der Waals surface area contributed by atoms with E-state index in [0.717, 1.165) is 5.56 Å². The topological polar surface area (TPSA) is 71.2 Å². The monoisotopic (exact) mass is 309 g/mol. The van der Waals surface area contributed by atoms with Crippen LogP contribution in [0.5, 0.6) is 11.5 Å². The van der Waals surface area contributed by atoms with Crippen molar-refractivity contribution in [1.82, 2.24) is 15.0 Å². The normalized spacial score (nSPS) is 11.1. The van der Waals surface area contributed by atoms with E-state index in [2.05, 4.69) is 48.4 Å². The summed E-state index contributed by atoms with van der Waals surface area (Å²) in [5.41, 5.74) is 3.83. The number of nitrogens with zero attached hydrogens (tertiary/aromatic N) is 3. The summed E-state index contributed by atoms with van der Waals surface area (Å²) < 4.78 is 1.75. The van der Waals surface area contributed by atoms with Crippen molar-refractivity contribution in [3.8, 4) is 22.8 Å². The first-order chi connectivity index (χ1) is 11.0. The minimum absolute atomic E-state index is 0.147. The van der Waals surface area contributed by atoms with Gasteiger partial charge in [-0.25, -0.2) is 4.68 Å². The average Bonchev–Trinajstić information content (AvgIpc) is 2.99. The van der Waals surface area contributed by atoms with Gasteiger partial charge in [-0.2, -0.15) is 0 Å². The van der Waals surface area contributed by atoms with E-state index in [1.165, 1.54) is 17.7 Å². The fourth-order valence-corrected chi connectivity index (χ4v) is 2.39. The molecule has 1 heterocycles. The molecule has 0 unspecified atom stereocenters. The maximum Gasteiger partial charge on any atom is 0.158 e. The second-order valence-electron chi connectivity index (χ2n) is 5.90. The first-order valence-corrected chi connectivity index (χ1v) is 7.54. The molecule has 0 spiro atoms. The van der Waals surface area contributed by atoms with Crippen LogP contribution in [-0.2, 0) is 6.54 Å². The highest BCUT2D eigenvalue weighted by Crippen LogP contribution is 2.29. The number of phenols is 2. The first-order valence-electron chi connectivity index (χ1n) is 7.54. The smallest absolute Gasteiger partial charge is 0.158 e. The Morgan fingerprint density at radius 1 is 1.00 bits per heavy atom. The van der Waals surface area contributed by atoms with E-state index in [-0.39, 0.29) is 11.5 Å². The lowest BCUT2D eigenvalue weighted by Gasteiger charge is -2.06. The van der Waals surface area contributed by atoms with Crippen molar-refractivity contribution in [2.45, 2.75) is 26.3 Å². The fraction of sp³-hybridized carbons (Fsp3) is 0.222. The standard InChI is InChI=1S/C18H19N3O2/c1-12(2)14-5-3-13(4-6-14)10-21-11-16(19-20-21)15-7-8-17(22)18(23)9-15/h3-9,11-12,22-23H,10H2,1-2H3. The van der Waals surface area contributed by atoms with E-state index >= 15 is 0 Å². The number of phenolic OH excluding ortho intramolecular Hbond substituents is 2. The molecule has 118 valence electrons. The van der Waals surface area contributed by atoms with E-state index in [1.807, 2.05) is 6.20 Å². The van der Waals surface area contributed by atoms with Gasteiger partial charge in [-0.3, -0.25) is 0 Å². The van der Waals surface area contributed by atoms with Crippen LogP contribution in [0.25, 0.3) is 11.3 Å². The Morgan fingerprint density at radius 3 is 2.39 bits per heavy atom. The lowest BCUT2D eigenvalue weighted by atomic mass is 10.0. The Hall–Kier alpha value is -2.82. The number of rotatable bonds is 4. The van der Waals surface area contributed by atoms with Gasteiger partial charge in [-0.15, -0.1) is 5.10 Å². The molecule has 0 aliphatic heterocycles. The highest BCUT2D eigenvalue weighted by molar-refractivity contribution is 5.62. The molecule has 0 saturated carbocycles. The van der Waals surface area contributed by atoms with Crippen molar-refractivity contribution in [1.29, 1.82) is 0 Å². The molecule has 5 nitrogen and oxygen atoms in total. The zero-order valence-electron chi connectivity index (χ0n) is 13.1. The van der Waals surface area contributed by atoms with E-state index in [4.69, 9.17) is 0 Å². The van der Waals surface area contributed by atoms with Crippen molar-refractivity contribution in [3.05, 3.63) is 59.8 Å². The molecule has 1 aromatic heterocycles. The highest BCUT2D eigenvalue weighted by Gasteiger charge is 2.08. The van der Waals surface area contributed by atoms with Crippen molar-refractivity contribution in [2.24, 2.45) is 0 Å². The molecular formula is C18H19N3O2. The maximum absolute atomic E-state index is 9.57. The molecule has 5 heteroatoms. The second kappa shape index (κ2) is 6.12. The molecule has 0 amide bonds. The highest BCUT2D eigenvalue weighted by atomic mass is 16.3. The Bertz CT molecular complexity index is 807. The maximum atomic E-state index is 9.57. The molecule has 0 aliphatic carbocycles. The molecule has 3 aromatic rings. The number of aromatic hydroxyl groups is 2. The largest absolute Gasteiger partial charge is 0.504 e. The van der Waals surface area contributed by atoms with Gasteiger partial charge >= 0.3 is 0 Å². The lowest BCUT2D eigenvalue weighted by molar-refractivity contribution is 0.404. The summed E-state index contributed by atoms with van der Waals surface area (Å²) in [6.07, 6.45) is 1.82. The van der Waals surface area contributed by atoms with Crippen LogP contribution in [0, 0.1) is 0 Å². The summed E-state index contributed by atoms with van der Waals surface area (Å²) in [5.74, 6) is 0.205. The van der Waals surface area contributed by atoms with Crippen molar-refractivity contribution < 1.29 is 10.2 Å². The molecule has 0 radical (unpaired) electrons. The van der Waals surface area contributed by atoms with E-state index in [1.54, 1.807) is 10.7 Å². The van der Waals surface area contributed by atoms with Crippen molar-refractivity contribution in [3.63, 3.8) is 0 Å². The van der Waals surface area contributed by atoms with Gasteiger partial charge in [-0.05, 0) is 35.2 Å². The molecule has 3 rings (SSSR count). The summed E-state index contributed by atoms with van der Waals surface area (Å²) in [7, 11) is 0. The van der Waals surface area contributed by atoms with Crippen LogP contribution in [0.3, 0.4) is 0 Å². The molecule has 2 N–H and O–H groups in total. The van der Waals surface area contributed by atoms with Crippen LogP contribution in [0.1, 0.15) is 30.9 Å². The van der Waals surface area contributed by atoms with Crippen LogP contribution >= 0.6 is 0 Å². The van der Waals surface area contributed by atoms with Crippen LogP contribution in [0.4, 0.5) is 0 Å². The van der Waals surface area contributed by atoms with Gasteiger partial charge in [0.15, 0.2) is 11.5 Å². The molecule has 0 bridgehead atoms. The first kappa shape index (κ1) is 15.1. The van der Waals surface area contributed by atoms with Gasteiger partial charge in [0.2, 0.25) is 0 Å². The Morgan fingerprint density at radius 2 is 1.74 bits per heavy atom. The second-order valence-corrected chi connectivity index (χ2v) is 5.90. The Kier molecular flexibility index (Phi) is 4.02. The predicted octanol–water partition coefficient (Wildman–Crippen LogP) is 3.53. The molecular weight excluding hydrogens is 290 g/mol.